The van der Waals surface area contributed by atoms with Crippen molar-refractivity contribution < 1.29 is 22.4 Å². The molecule has 1 heterocycles. The largest absolute Gasteiger partial charge is 0.348 e. The zero-order chi connectivity index (χ0) is 21.6. The van der Waals surface area contributed by atoms with Crippen molar-refractivity contribution >= 4 is 17.7 Å². The Bertz CT molecular complexity index is 995. The molecule has 1 aromatic heterocycles. The van der Waals surface area contributed by atoms with E-state index < -0.39 is 24.1 Å². The van der Waals surface area contributed by atoms with Crippen molar-refractivity contribution in [3.8, 4) is 0 Å². The molecule has 0 unspecified atom stereocenters. The number of alkyl halides is 2. The average Bonchev–Trinajstić information content (AvgIpc) is 2.74. The third kappa shape index (κ3) is 5.82. The van der Waals surface area contributed by atoms with E-state index in [1.807, 2.05) is 0 Å². The lowest BCUT2D eigenvalue weighted by Crippen LogP contribution is -2.23. The van der Waals surface area contributed by atoms with Gasteiger partial charge in [-0.15, -0.1) is 11.8 Å². The monoisotopic (exact) mass is 434 g/mol. The van der Waals surface area contributed by atoms with E-state index in [2.05, 4.69) is 10.3 Å². The number of pyridine rings is 1. The van der Waals surface area contributed by atoms with E-state index in [0.29, 0.717) is 5.03 Å². The van der Waals surface area contributed by atoms with Crippen LogP contribution in [0.3, 0.4) is 0 Å². The minimum absolute atomic E-state index is 0.0135. The molecule has 0 saturated heterocycles. The van der Waals surface area contributed by atoms with Gasteiger partial charge in [0.05, 0.1) is 5.56 Å². The van der Waals surface area contributed by atoms with Crippen LogP contribution in [0.1, 0.15) is 27.9 Å². The highest BCUT2D eigenvalue weighted by molar-refractivity contribution is 7.99. The Hall–Kier alpha value is -2.87. The summed E-state index contributed by atoms with van der Waals surface area (Å²) in [4.78, 5) is 16.6. The topological polar surface area (TPSA) is 42.0 Å². The van der Waals surface area contributed by atoms with Gasteiger partial charge < -0.3 is 5.32 Å². The van der Waals surface area contributed by atoms with Crippen LogP contribution in [0.4, 0.5) is 17.6 Å². The number of carbonyl (C=O) groups is 1. The van der Waals surface area contributed by atoms with Crippen LogP contribution < -0.4 is 5.32 Å². The Kier molecular flexibility index (Phi) is 7.10. The minimum atomic E-state index is -3.12. The molecule has 1 amide bonds. The normalized spacial score (nSPS) is 11.3. The highest BCUT2D eigenvalue weighted by Crippen LogP contribution is 2.34. The van der Waals surface area contributed by atoms with E-state index in [0.717, 1.165) is 41.6 Å². The molecule has 0 bridgehead atoms. The summed E-state index contributed by atoms with van der Waals surface area (Å²) in [7, 11) is 0. The number of hydrogen-bond donors (Lipinski definition) is 1. The highest BCUT2D eigenvalue weighted by atomic mass is 32.2. The fourth-order valence-electron chi connectivity index (χ4n) is 2.67. The van der Waals surface area contributed by atoms with Gasteiger partial charge in [0.1, 0.15) is 16.7 Å². The Morgan fingerprint density at radius 1 is 0.967 bits per heavy atom. The smallest absolute Gasteiger partial charge is 0.274 e. The third-order valence-corrected chi connectivity index (χ3v) is 5.31. The Balaban J connectivity index is 1.59. The molecule has 0 spiro atoms. The maximum absolute atomic E-state index is 14.3. The van der Waals surface area contributed by atoms with Crippen LogP contribution >= 0.6 is 11.8 Å². The fraction of sp³-hybridized carbons (Fsp3) is 0.182. The van der Waals surface area contributed by atoms with Gasteiger partial charge in [-0.05, 0) is 42.0 Å². The van der Waals surface area contributed by atoms with Gasteiger partial charge in [-0.2, -0.15) is 0 Å². The molecular weight excluding hydrogens is 416 g/mol. The molecule has 0 atom stereocenters. The van der Waals surface area contributed by atoms with Crippen molar-refractivity contribution in [1.82, 2.24) is 10.3 Å². The number of benzene rings is 2. The molecule has 0 aliphatic rings. The summed E-state index contributed by atoms with van der Waals surface area (Å²) in [5.74, 6) is -4.46. The lowest BCUT2D eigenvalue weighted by molar-refractivity contribution is -0.00707. The van der Waals surface area contributed by atoms with Gasteiger partial charge in [-0.25, -0.2) is 22.5 Å². The molecule has 0 saturated carbocycles. The third-order valence-electron chi connectivity index (χ3n) is 4.30. The second-order valence-electron chi connectivity index (χ2n) is 6.48. The summed E-state index contributed by atoms with van der Waals surface area (Å²) in [6, 6.07) is 13.0. The Labute approximate surface area is 175 Å². The Morgan fingerprint density at radius 2 is 1.60 bits per heavy atom. The Morgan fingerprint density at radius 3 is 2.27 bits per heavy atom. The van der Waals surface area contributed by atoms with Crippen LogP contribution in [-0.4, -0.2) is 16.6 Å². The van der Waals surface area contributed by atoms with Gasteiger partial charge >= 0.3 is 0 Å². The lowest BCUT2D eigenvalue weighted by Gasteiger charge is -2.16. The fourth-order valence-corrected chi connectivity index (χ4v) is 3.68. The summed E-state index contributed by atoms with van der Waals surface area (Å²) >= 11 is 1.05. The van der Waals surface area contributed by atoms with Gasteiger partial charge in [0.15, 0.2) is 0 Å². The van der Waals surface area contributed by atoms with Gasteiger partial charge in [-0.1, -0.05) is 24.3 Å². The molecule has 2 aromatic carbocycles. The number of nitrogens with zero attached hydrogens (tertiary/aromatic N) is 1. The summed E-state index contributed by atoms with van der Waals surface area (Å²) in [5, 5.41) is 3.05. The SMILES string of the molecule is O=C(NCc1ccc(F)cc1)c1cccnc1SCCC(F)(F)c1ccc(F)cc1. The van der Waals surface area contributed by atoms with Gasteiger partial charge in [0.25, 0.3) is 11.8 Å². The number of hydrogen-bond acceptors (Lipinski definition) is 3. The van der Waals surface area contributed by atoms with E-state index in [4.69, 9.17) is 0 Å². The van der Waals surface area contributed by atoms with Crippen LogP contribution in [0.25, 0.3) is 0 Å². The molecule has 3 nitrogen and oxygen atoms in total. The molecule has 0 radical (unpaired) electrons. The molecule has 156 valence electrons. The number of amides is 1. The second-order valence-corrected chi connectivity index (χ2v) is 7.56. The highest BCUT2D eigenvalue weighted by Gasteiger charge is 2.31. The van der Waals surface area contributed by atoms with Crippen LogP contribution in [0.2, 0.25) is 0 Å². The number of halogens is 4. The molecule has 0 fully saturated rings. The number of rotatable bonds is 8. The van der Waals surface area contributed by atoms with Crippen molar-refractivity contribution in [3.05, 3.63) is 95.2 Å². The first-order valence-corrected chi connectivity index (χ1v) is 10.1. The quantitative estimate of drug-likeness (QED) is 0.373. The summed E-state index contributed by atoms with van der Waals surface area (Å²) in [6.07, 6.45) is 0.994. The summed E-state index contributed by atoms with van der Waals surface area (Å²) in [6.45, 7) is 0.195. The van der Waals surface area contributed by atoms with E-state index in [1.165, 1.54) is 18.3 Å². The lowest BCUT2D eigenvalue weighted by atomic mass is 10.1. The molecule has 1 N–H and O–H groups in total. The van der Waals surface area contributed by atoms with Crippen molar-refractivity contribution in [2.45, 2.75) is 23.9 Å². The number of aromatic nitrogens is 1. The predicted octanol–water partition coefficient (Wildman–Crippen LogP) is 5.56. The molecule has 30 heavy (non-hydrogen) atoms. The molecule has 0 aliphatic carbocycles. The number of thioether (sulfide) groups is 1. The van der Waals surface area contributed by atoms with Crippen LogP contribution in [-0.2, 0) is 12.5 Å². The molecule has 3 rings (SSSR count). The summed E-state index contributed by atoms with van der Waals surface area (Å²) in [5.41, 5.74) is 0.735. The van der Waals surface area contributed by atoms with Crippen LogP contribution in [0, 0.1) is 11.6 Å². The number of nitrogens with one attached hydrogen (secondary N) is 1. The predicted molar refractivity (Wildman–Crippen MR) is 107 cm³/mol. The molecule has 0 aliphatic heterocycles. The van der Waals surface area contributed by atoms with Gasteiger partial charge in [0.2, 0.25) is 0 Å². The zero-order valence-corrected chi connectivity index (χ0v) is 16.6. The van der Waals surface area contributed by atoms with E-state index in [9.17, 15) is 22.4 Å². The standard InChI is InChI=1S/C22H18F4N2OS/c23-17-7-3-15(4-8-17)14-28-20(29)19-2-1-12-27-21(19)30-13-11-22(25,26)16-5-9-18(24)10-6-16/h1-10,12H,11,13-14H2,(H,28,29). The zero-order valence-electron chi connectivity index (χ0n) is 15.7. The van der Waals surface area contributed by atoms with Crippen molar-refractivity contribution in [3.63, 3.8) is 0 Å². The first-order chi connectivity index (χ1) is 14.3. The van der Waals surface area contributed by atoms with Crippen molar-refractivity contribution in [2.75, 3.05) is 5.75 Å². The summed E-state index contributed by atoms with van der Waals surface area (Å²) < 4.78 is 54.6. The van der Waals surface area contributed by atoms with Crippen LogP contribution in [0.5, 0.6) is 0 Å². The maximum Gasteiger partial charge on any atom is 0.274 e. The van der Waals surface area contributed by atoms with Gasteiger partial charge in [0, 0.05) is 30.5 Å². The van der Waals surface area contributed by atoms with E-state index >= 15 is 0 Å². The average molecular weight is 434 g/mol. The van der Waals surface area contributed by atoms with Gasteiger partial charge in [-0.3, -0.25) is 4.79 Å². The van der Waals surface area contributed by atoms with Crippen molar-refractivity contribution in [1.29, 1.82) is 0 Å². The molecule has 8 heteroatoms. The van der Waals surface area contributed by atoms with Crippen molar-refractivity contribution in [2.24, 2.45) is 0 Å². The van der Waals surface area contributed by atoms with Crippen LogP contribution in [0.15, 0.2) is 71.9 Å². The molecular formula is C22H18F4N2OS. The maximum atomic E-state index is 14.3. The van der Waals surface area contributed by atoms with E-state index in [1.54, 1.807) is 24.3 Å². The first-order valence-electron chi connectivity index (χ1n) is 9.09. The first kappa shape index (κ1) is 21.8. The van der Waals surface area contributed by atoms with E-state index in [-0.39, 0.29) is 29.2 Å². The minimum Gasteiger partial charge on any atom is -0.348 e. The molecule has 3 aromatic rings. The number of carbonyl (C=O) groups excluding carboxylic acids is 1. The second kappa shape index (κ2) is 9.75.